The van der Waals surface area contributed by atoms with E-state index in [1.165, 1.54) is 18.2 Å². The van der Waals surface area contributed by atoms with Gasteiger partial charge in [0.25, 0.3) is 5.91 Å². The van der Waals surface area contributed by atoms with Crippen LogP contribution in [0, 0.1) is 20.8 Å². The summed E-state index contributed by atoms with van der Waals surface area (Å²) in [7, 11) is 0. The summed E-state index contributed by atoms with van der Waals surface area (Å²) in [6, 6.07) is 8.57. The molecule has 3 rings (SSSR count). The number of halogens is 3. The minimum absolute atomic E-state index is 0.0111. The number of nitrogens with one attached hydrogen (secondary N) is 1. The van der Waals surface area contributed by atoms with Gasteiger partial charge in [0.1, 0.15) is 5.58 Å². The molecule has 3 nitrogen and oxygen atoms in total. The Bertz CT molecular complexity index is 971. The number of hydrogen-bond donors (Lipinski definition) is 1. The van der Waals surface area contributed by atoms with Gasteiger partial charge in [0.2, 0.25) is 0 Å². The fraction of sp³-hybridized carbons (Fsp3) is 0.211. The van der Waals surface area contributed by atoms with E-state index in [9.17, 15) is 18.0 Å². The van der Waals surface area contributed by atoms with Crippen molar-refractivity contribution in [3.05, 3.63) is 64.4 Å². The number of alkyl halides is 3. The van der Waals surface area contributed by atoms with Crippen LogP contribution in [0.25, 0.3) is 11.0 Å². The Morgan fingerprint density at radius 2 is 1.68 bits per heavy atom. The number of aryl methyl sites for hydroxylation is 3. The Hall–Kier alpha value is -2.76. The molecule has 2 aromatic carbocycles. The highest BCUT2D eigenvalue weighted by Gasteiger charge is 2.34. The molecule has 1 amide bonds. The SMILES string of the molecule is Cc1cc2oc(C(=O)Nc3ccccc3C(F)(F)F)c(C)c2cc1C. The van der Waals surface area contributed by atoms with Crippen molar-refractivity contribution in [1.29, 1.82) is 0 Å². The Balaban J connectivity index is 2.01. The van der Waals surface area contributed by atoms with Gasteiger partial charge in [-0.1, -0.05) is 12.1 Å². The van der Waals surface area contributed by atoms with Crippen molar-refractivity contribution in [1.82, 2.24) is 0 Å². The smallest absolute Gasteiger partial charge is 0.418 e. The lowest BCUT2D eigenvalue weighted by molar-refractivity contribution is -0.136. The first-order valence-electron chi connectivity index (χ1n) is 7.66. The lowest BCUT2D eigenvalue weighted by Crippen LogP contribution is -2.16. The lowest BCUT2D eigenvalue weighted by Gasteiger charge is -2.12. The van der Waals surface area contributed by atoms with E-state index in [2.05, 4.69) is 5.32 Å². The van der Waals surface area contributed by atoms with Gasteiger partial charge in [0.15, 0.2) is 5.76 Å². The number of carbonyl (C=O) groups is 1. The molecule has 1 heterocycles. The molecule has 0 atom stereocenters. The maximum atomic E-state index is 13.1. The first-order valence-corrected chi connectivity index (χ1v) is 7.66. The first-order chi connectivity index (χ1) is 11.7. The molecule has 0 bridgehead atoms. The molecule has 0 aliphatic carbocycles. The predicted molar refractivity (Wildman–Crippen MR) is 89.8 cm³/mol. The Kier molecular flexibility index (Phi) is 4.06. The van der Waals surface area contributed by atoms with E-state index in [0.717, 1.165) is 22.6 Å². The van der Waals surface area contributed by atoms with Crippen molar-refractivity contribution in [2.45, 2.75) is 26.9 Å². The summed E-state index contributed by atoms with van der Waals surface area (Å²) < 4.78 is 44.8. The number of anilines is 1. The van der Waals surface area contributed by atoms with Crippen LogP contribution in [-0.4, -0.2) is 5.91 Å². The molecule has 0 fully saturated rings. The topological polar surface area (TPSA) is 42.2 Å². The second-order valence-corrected chi connectivity index (χ2v) is 5.99. The van der Waals surface area contributed by atoms with Gasteiger partial charge in [-0.25, -0.2) is 0 Å². The lowest BCUT2D eigenvalue weighted by atomic mass is 10.0. The molecule has 0 aliphatic rings. The molecule has 1 N–H and O–H groups in total. The molecule has 0 radical (unpaired) electrons. The van der Waals surface area contributed by atoms with E-state index in [-0.39, 0.29) is 11.4 Å². The van der Waals surface area contributed by atoms with Crippen molar-refractivity contribution < 1.29 is 22.4 Å². The van der Waals surface area contributed by atoms with E-state index in [1.807, 2.05) is 26.0 Å². The highest BCUT2D eigenvalue weighted by Crippen LogP contribution is 2.35. The van der Waals surface area contributed by atoms with E-state index >= 15 is 0 Å². The van der Waals surface area contributed by atoms with Crippen molar-refractivity contribution in [3.8, 4) is 0 Å². The zero-order chi connectivity index (χ0) is 18.4. The number of rotatable bonds is 2. The zero-order valence-corrected chi connectivity index (χ0v) is 13.9. The number of fused-ring (bicyclic) bond motifs is 1. The van der Waals surface area contributed by atoms with E-state index in [0.29, 0.717) is 11.1 Å². The normalized spacial score (nSPS) is 11.8. The highest BCUT2D eigenvalue weighted by atomic mass is 19.4. The van der Waals surface area contributed by atoms with Gasteiger partial charge in [-0.05, 0) is 56.2 Å². The van der Waals surface area contributed by atoms with Crippen LogP contribution in [0.5, 0.6) is 0 Å². The molecule has 3 aromatic rings. The molecule has 1 aromatic heterocycles. The second-order valence-electron chi connectivity index (χ2n) is 5.99. The number of hydrogen-bond acceptors (Lipinski definition) is 2. The third kappa shape index (κ3) is 3.12. The van der Waals surface area contributed by atoms with Crippen LogP contribution < -0.4 is 5.32 Å². The number of benzene rings is 2. The standard InChI is InChI=1S/C19H16F3NO2/c1-10-8-13-12(3)17(25-16(13)9-11(10)2)18(24)23-15-7-5-4-6-14(15)19(20,21)22/h4-9H,1-3H3,(H,23,24). The molecule has 0 saturated carbocycles. The maximum Gasteiger partial charge on any atom is 0.418 e. The monoisotopic (exact) mass is 347 g/mol. The summed E-state index contributed by atoms with van der Waals surface area (Å²) >= 11 is 0. The molecule has 130 valence electrons. The van der Waals surface area contributed by atoms with Gasteiger partial charge in [-0.3, -0.25) is 4.79 Å². The van der Waals surface area contributed by atoms with Gasteiger partial charge in [-0.2, -0.15) is 13.2 Å². The van der Waals surface area contributed by atoms with E-state index < -0.39 is 17.6 Å². The van der Waals surface area contributed by atoms with Crippen LogP contribution in [0.3, 0.4) is 0 Å². The zero-order valence-electron chi connectivity index (χ0n) is 13.9. The molecule has 0 spiro atoms. The Morgan fingerprint density at radius 3 is 2.36 bits per heavy atom. The number of para-hydroxylation sites is 1. The summed E-state index contributed by atoms with van der Waals surface area (Å²) in [5.41, 5.74) is 1.99. The fourth-order valence-corrected chi connectivity index (χ4v) is 2.71. The van der Waals surface area contributed by atoms with E-state index in [4.69, 9.17) is 4.42 Å². The van der Waals surface area contributed by atoms with Crippen molar-refractivity contribution in [2.24, 2.45) is 0 Å². The first kappa shape index (κ1) is 17.1. The van der Waals surface area contributed by atoms with Crippen molar-refractivity contribution >= 4 is 22.6 Å². The minimum atomic E-state index is -4.55. The molecule has 25 heavy (non-hydrogen) atoms. The van der Waals surface area contributed by atoms with E-state index in [1.54, 1.807) is 6.92 Å². The summed E-state index contributed by atoms with van der Waals surface area (Å²) in [6.45, 7) is 5.58. The van der Waals surface area contributed by atoms with Crippen LogP contribution in [0.15, 0.2) is 40.8 Å². The minimum Gasteiger partial charge on any atom is -0.451 e. The average Bonchev–Trinajstić information content (AvgIpc) is 2.84. The highest BCUT2D eigenvalue weighted by molar-refractivity contribution is 6.06. The summed E-state index contributed by atoms with van der Waals surface area (Å²) in [5, 5.41) is 3.09. The molecule has 0 aliphatic heterocycles. The van der Waals surface area contributed by atoms with Crippen LogP contribution in [0.1, 0.15) is 32.8 Å². The summed E-state index contributed by atoms with van der Waals surface area (Å²) in [5.74, 6) is -0.697. The van der Waals surface area contributed by atoms with Crippen LogP contribution >= 0.6 is 0 Å². The molecule has 0 unspecified atom stereocenters. The number of amides is 1. The quantitative estimate of drug-likeness (QED) is 0.653. The van der Waals surface area contributed by atoms with Crippen molar-refractivity contribution in [3.63, 3.8) is 0 Å². The Morgan fingerprint density at radius 1 is 1.04 bits per heavy atom. The van der Waals surface area contributed by atoms with Gasteiger partial charge >= 0.3 is 6.18 Å². The molecular weight excluding hydrogens is 331 g/mol. The third-order valence-corrected chi connectivity index (χ3v) is 4.24. The van der Waals surface area contributed by atoms with Gasteiger partial charge in [0.05, 0.1) is 11.3 Å². The summed E-state index contributed by atoms with van der Waals surface area (Å²) in [4.78, 5) is 12.5. The summed E-state index contributed by atoms with van der Waals surface area (Å²) in [6.07, 6.45) is -4.55. The predicted octanol–water partition coefficient (Wildman–Crippen LogP) is 5.63. The van der Waals surface area contributed by atoms with Crippen LogP contribution in [-0.2, 0) is 6.18 Å². The average molecular weight is 347 g/mol. The largest absolute Gasteiger partial charge is 0.451 e. The molecule has 0 saturated heterocycles. The second kappa shape index (κ2) is 5.95. The number of furan rings is 1. The maximum absolute atomic E-state index is 13.1. The van der Waals surface area contributed by atoms with Crippen molar-refractivity contribution in [2.75, 3.05) is 5.32 Å². The third-order valence-electron chi connectivity index (χ3n) is 4.24. The van der Waals surface area contributed by atoms with Gasteiger partial charge in [0, 0.05) is 10.9 Å². The molecular formula is C19H16F3NO2. The fourth-order valence-electron chi connectivity index (χ4n) is 2.71. The van der Waals surface area contributed by atoms with Crippen LogP contribution in [0.2, 0.25) is 0 Å². The number of carbonyl (C=O) groups excluding carboxylic acids is 1. The van der Waals surface area contributed by atoms with Crippen LogP contribution in [0.4, 0.5) is 18.9 Å². The van der Waals surface area contributed by atoms with Gasteiger partial charge < -0.3 is 9.73 Å². The molecule has 6 heteroatoms. The Labute approximate surface area is 142 Å². The van der Waals surface area contributed by atoms with Gasteiger partial charge in [-0.15, -0.1) is 0 Å².